The molecule has 3 rings (SSSR count). The minimum atomic E-state index is -0.945. The van der Waals surface area contributed by atoms with E-state index >= 15 is 0 Å². The summed E-state index contributed by atoms with van der Waals surface area (Å²) in [7, 11) is 0. The normalized spacial score (nSPS) is 10.9. The van der Waals surface area contributed by atoms with E-state index in [9.17, 15) is 9.90 Å². The molecule has 0 aliphatic rings. The van der Waals surface area contributed by atoms with Gasteiger partial charge in [-0.05, 0) is 25.1 Å². The first kappa shape index (κ1) is 13.8. The summed E-state index contributed by atoms with van der Waals surface area (Å²) in [5, 5.41) is 10.1. The maximum absolute atomic E-state index is 11.5. The monoisotopic (exact) mass is 298 g/mol. The molecule has 0 aliphatic carbocycles. The smallest absolute Gasteiger partial charge is 0.339 e. The van der Waals surface area contributed by atoms with Crippen molar-refractivity contribution in [3.05, 3.63) is 65.4 Å². The van der Waals surface area contributed by atoms with Crippen LogP contribution in [0.4, 0.5) is 0 Å². The van der Waals surface area contributed by atoms with Gasteiger partial charge in [0.25, 0.3) is 0 Å². The third kappa shape index (κ3) is 2.81. The largest absolute Gasteiger partial charge is 0.478 e. The minimum absolute atomic E-state index is 0.269. The van der Waals surface area contributed by atoms with Crippen LogP contribution in [0.5, 0.6) is 0 Å². The van der Waals surface area contributed by atoms with E-state index in [0.29, 0.717) is 22.5 Å². The van der Waals surface area contributed by atoms with Gasteiger partial charge in [-0.25, -0.2) is 4.79 Å². The van der Waals surface area contributed by atoms with Gasteiger partial charge < -0.3 is 9.52 Å². The highest BCUT2D eigenvalue weighted by Crippen LogP contribution is 2.31. The molecular weight excluding hydrogens is 284 g/mol. The summed E-state index contributed by atoms with van der Waals surface area (Å²) in [6, 6.07) is 15.4. The predicted octanol–water partition coefficient (Wildman–Crippen LogP) is 4.73. The Kier molecular flexibility index (Phi) is 3.71. The fourth-order valence-corrected chi connectivity index (χ4v) is 3.23. The van der Waals surface area contributed by atoms with Crippen molar-refractivity contribution in [2.24, 2.45) is 0 Å². The van der Waals surface area contributed by atoms with E-state index in [4.69, 9.17) is 4.42 Å². The van der Waals surface area contributed by atoms with Crippen molar-refractivity contribution in [3.8, 4) is 0 Å². The van der Waals surface area contributed by atoms with Crippen LogP contribution in [-0.2, 0) is 5.75 Å². The van der Waals surface area contributed by atoms with Crippen LogP contribution < -0.4 is 0 Å². The summed E-state index contributed by atoms with van der Waals surface area (Å²) in [5.74, 6) is 0.0646. The van der Waals surface area contributed by atoms with E-state index in [1.54, 1.807) is 23.9 Å². The average Bonchev–Trinajstić information content (AvgIpc) is 2.83. The zero-order valence-corrected chi connectivity index (χ0v) is 12.3. The van der Waals surface area contributed by atoms with E-state index in [0.717, 1.165) is 4.90 Å². The fourth-order valence-electron chi connectivity index (χ4n) is 2.29. The van der Waals surface area contributed by atoms with Crippen molar-refractivity contribution in [2.45, 2.75) is 17.6 Å². The Balaban J connectivity index is 1.93. The Morgan fingerprint density at radius 1 is 1.19 bits per heavy atom. The number of hydrogen-bond donors (Lipinski definition) is 1. The molecule has 106 valence electrons. The Bertz CT molecular complexity index is 805. The summed E-state index contributed by atoms with van der Waals surface area (Å²) in [4.78, 5) is 12.6. The standard InChI is InChI=1S/C17H14O3S/c1-11-5-4-6-12(9-11)21-10-15-16(17(18)19)13-7-2-3-8-14(13)20-15/h2-9H,10H2,1H3,(H,18,19). The number of aromatic carboxylic acids is 1. The molecule has 3 aromatic rings. The first-order valence-electron chi connectivity index (χ1n) is 6.58. The second-order valence-corrected chi connectivity index (χ2v) is 5.86. The summed E-state index contributed by atoms with van der Waals surface area (Å²) < 4.78 is 5.71. The molecule has 0 amide bonds. The van der Waals surface area contributed by atoms with Gasteiger partial charge in [-0.1, -0.05) is 35.9 Å². The fraction of sp³-hybridized carbons (Fsp3) is 0.118. The van der Waals surface area contributed by atoms with Gasteiger partial charge in [0.15, 0.2) is 0 Å². The number of para-hydroxylation sites is 1. The van der Waals surface area contributed by atoms with E-state index in [2.05, 4.69) is 6.07 Å². The third-order valence-corrected chi connectivity index (χ3v) is 4.24. The Morgan fingerprint density at radius 2 is 2.00 bits per heavy atom. The lowest BCUT2D eigenvalue weighted by Gasteiger charge is -2.02. The number of carboxylic acids is 1. The molecule has 3 nitrogen and oxygen atoms in total. The lowest BCUT2D eigenvalue weighted by molar-refractivity contribution is 0.0697. The highest BCUT2D eigenvalue weighted by Gasteiger charge is 2.19. The minimum Gasteiger partial charge on any atom is -0.478 e. The van der Waals surface area contributed by atoms with Crippen LogP contribution in [0.15, 0.2) is 57.8 Å². The SMILES string of the molecule is Cc1cccc(SCc2oc3ccccc3c2C(=O)O)c1. The van der Waals surface area contributed by atoms with Gasteiger partial charge in [0.2, 0.25) is 0 Å². The topological polar surface area (TPSA) is 50.4 Å². The molecule has 1 N–H and O–H groups in total. The zero-order valence-electron chi connectivity index (χ0n) is 11.5. The molecule has 0 saturated heterocycles. The summed E-state index contributed by atoms with van der Waals surface area (Å²) in [6.45, 7) is 2.04. The molecule has 0 spiro atoms. The molecular formula is C17H14O3S. The molecule has 0 unspecified atom stereocenters. The highest BCUT2D eigenvalue weighted by atomic mass is 32.2. The second-order valence-electron chi connectivity index (χ2n) is 4.81. The van der Waals surface area contributed by atoms with Crippen LogP contribution in [0.2, 0.25) is 0 Å². The van der Waals surface area contributed by atoms with Crippen molar-refractivity contribution in [3.63, 3.8) is 0 Å². The number of carboxylic acid groups (broad SMARTS) is 1. The van der Waals surface area contributed by atoms with Gasteiger partial charge in [-0.3, -0.25) is 0 Å². The molecule has 0 radical (unpaired) electrons. The number of fused-ring (bicyclic) bond motifs is 1. The summed E-state index contributed by atoms with van der Waals surface area (Å²) in [5.41, 5.74) is 2.07. The Hall–Kier alpha value is -2.20. The summed E-state index contributed by atoms with van der Waals surface area (Å²) >= 11 is 1.58. The van der Waals surface area contributed by atoms with Crippen molar-refractivity contribution < 1.29 is 14.3 Å². The van der Waals surface area contributed by atoms with E-state index in [1.807, 2.05) is 37.3 Å². The molecule has 21 heavy (non-hydrogen) atoms. The molecule has 0 atom stereocenters. The molecule has 0 saturated carbocycles. The lowest BCUT2D eigenvalue weighted by Crippen LogP contribution is -1.98. The number of hydrogen-bond acceptors (Lipinski definition) is 3. The van der Waals surface area contributed by atoms with Gasteiger partial charge in [0.1, 0.15) is 16.9 Å². The van der Waals surface area contributed by atoms with Gasteiger partial charge in [-0.2, -0.15) is 0 Å². The van der Waals surface area contributed by atoms with Gasteiger partial charge in [0, 0.05) is 10.3 Å². The van der Waals surface area contributed by atoms with Gasteiger partial charge >= 0.3 is 5.97 Å². The zero-order chi connectivity index (χ0) is 14.8. The van der Waals surface area contributed by atoms with E-state index < -0.39 is 5.97 Å². The van der Waals surface area contributed by atoms with Crippen molar-refractivity contribution in [1.82, 2.24) is 0 Å². The number of furan rings is 1. The van der Waals surface area contributed by atoms with Crippen molar-refractivity contribution in [1.29, 1.82) is 0 Å². The van der Waals surface area contributed by atoms with Crippen LogP contribution in [0, 0.1) is 6.92 Å². The van der Waals surface area contributed by atoms with Crippen LogP contribution in [0.1, 0.15) is 21.7 Å². The number of rotatable bonds is 4. The predicted molar refractivity (Wildman–Crippen MR) is 83.9 cm³/mol. The average molecular weight is 298 g/mol. The number of carbonyl (C=O) groups is 1. The van der Waals surface area contributed by atoms with Gasteiger partial charge in [-0.15, -0.1) is 11.8 Å². The van der Waals surface area contributed by atoms with Crippen LogP contribution in [0.3, 0.4) is 0 Å². The molecule has 1 heterocycles. The summed E-state index contributed by atoms with van der Waals surface area (Å²) in [6.07, 6.45) is 0. The molecule has 1 aromatic heterocycles. The molecule has 0 aliphatic heterocycles. The van der Waals surface area contributed by atoms with Crippen LogP contribution >= 0.6 is 11.8 Å². The van der Waals surface area contributed by atoms with E-state index in [-0.39, 0.29) is 5.56 Å². The first-order valence-corrected chi connectivity index (χ1v) is 7.57. The van der Waals surface area contributed by atoms with Gasteiger partial charge in [0.05, 0.1) is 5.75 Å². The third-order valence-electron chi connectivity index (χ3n) is 3.24. The number of benzene rings is 2. The van der Waals surface area contributed by atoms with Crippen LogP contribution in [-0.4, -0.2) is 11.1 Å². The van der Waals surface area contributed by atoms with Crippen LogP contribution in [0.25, 0.3) is 11.0 Å². The quantitative estimate of drug-likeness (QED) is 0.707. The molecule has 0 fully saturated rings. The first-order chi connectivity index (χ1) is 10.1. The Morgan fingerprint density at radius 3 is 2.76 bits per heavy atom. The highest BCUT2D eigenvalue weighted by molar-refractivity contribution is 7.98. The molecule has 4 heteroatoms. The van der Waals surface area contributed by atoms with Crippen molar-refractivity contribution in [2.75, 3.05) is 0 Å². The Labute approximate surface area is 126 Å². The van der Waals surface area contributed by atoms with Crippen molar-refractivity contribution >= 4 is 28.7 Å². The van der Waals surface area contributed by atoms with E-state index in [1.165, 1.54) is 5.56 Å². The maximum Gasteiger partial charge on any atom is 0.339 e. The lowest BCUT2D eigenvalue weighted by atomic mass is 10.1. The number of aryl methyl sites for hydroxylation is 1. The second kappa shape index (κ2) is 5.66. The number of thioether (sulfide) groups is 1. The molecule has 0 bridgehead atoms. The maximum atomic E-state index is 11.5. The molecule has 2 aromatic carbocycles.